The molecule has 4 heteroatoms. The first-order valence-electron chi connectivity index (χ1n) is 5.99. The van der Waals surface area contributed by atoms with Crippen LogP contribution in [0.2, 0.25) is 0 Å². The van der Waals surface area contributed by atoms with Gasteiger partial charge in [0, 0.05) is 10.9 Å². The highest BCUT2D eigenvalue weighted by atomic mass is 79.9. The second-order valence-corrected chi connectivity index (χ2v) is 6.18. The summed E-state index contributed by atoms with van der Waals surface area (Å²) in [5, 5.41) is 0. The number of rotatable bonds is 2. The molecular formula is C14H16BrNO2. The predicted octanol–water partition coefficient (Wildman–Crippen LogP) is 3.37. The molecule has 1 atom stereocenters. The summed E-state index contributed by atoms with van der Waals surface area (Å²) in [6.07, 6.45) is 0.291. The molecule has 1 unspecified atom stereocenters. The van der Waals surface area contributed by atoms with Crippen LogP contribution in [0.25, 0.3) is 0 Å². The summed E-state index contributed by atoms with van der Waals surface area (Å²) in [4.78, 5) is 25.9. The first-order chi connectivity index (χ1) is 8.36. The highest BCUT2D eigenvalue weighted by molar-refractivity contribution is 9.10. The number of imide groups is 1. The molecular weight excluding hydrogens is 294 g/mol. The Morgan fingerprint density at radius 1 is 1.22 bits per heavy atom. The lowest BCUT2D eigenvalue weighted by Gasteiger charge is -2.26. The van der Waals surface area contributed by atoms with E-state index in [-0.39, 0.29) is 17.7 Å². The molecule has 0 N–H and O–H groups in total. The summed E-state index contributed by atoms with van der Waals surface area (Å²) < 4.78 is 0.928. The number of anilines is 1. The first kappa shape index (κ1) is 13.3. The number of carbonyl (C=O) groups excluding carboxylic acids is 2. The molecule has 2 rings (SSSR count). The SMILES string of the molecule is CC(C)C1(C)CC(=O)N(c2ccc(Br)cc2)C1=O. The van der Waals surface area contributed by atoms with E-state index in [1.54, 1.807) is 12.1 Å². The third-order valence-electron chi connectivity index (χ3n) is 3.82. The fraction of sp³-hybridized carbons (Fsp3) is 0.429. The Balaban J connectivity index is 2.38. The standard InChI is InChI=1S/C14H16BrNO2/c1-9(2)14(3)8-12(17)16(13(14)18)11-6-4-10(15)5-7-11/h4-7,9H,8H2,1-3H3. The average Bonchev–Trinajstić information content (AvgIpc) is 2.53. The second kappa shape index (κ2) is 4.50. The van der Waals surface area contributed by atoms with Gasteiger partial charge in [0.1, 0.15) is 0 Å². The van der Waals surface area contributed by atoms with Crippen LogP contribution in [0, 0.1) is 11.3 Å². The smallest absolute Gasteiger partial charge is 0.240 e. The molecule has 1 aromatic rings. The van der Waals surface area contributed by atoms with Gasteiger partial charge in [0.25, 0.3) is 0 Å². The maximum atomic E-state index is 12.5. The van der Waals surface area contributed by atoms with Gasteiger partial charge in [-0.1, -0.05) is 29.8 Å². The molecule has 1 fully saturated rings. The summed E-state index contributed by atoms with van der Waals surface area (Å²) >= 11 is 3.34. The molecule has 1 heterocycles. The molecule has 1 aliphatic heterocycles. The zero-order chi connectivity index (χ0) is 13.5. The number of halogens is 1. The third kappa shape index (κ3) is 1.99. The highest BCUT2D eigenvalue weighted by Gasteiger charge is 2.50. The van der Waals surface area contributed by atoms with E-state index in [1.165, 1.54) is 4.90 Å². The normalized spacial score (nSPS) is 24.2. The van der Waals surface area contributed by atoms with E-state index in [0.29, 0.717) is 12.1 Å². The molecule has 3 nitrogen and oxygen atoms in total. The van der Waals surface area contributed by atoms with Gasteiger partial charge in [0.05, 0.1) is 11.1 Å². The van der Waals surface area contributed by atoms with Crippen molar-refractivity contribution in [2.24, 2.45) is 11.3 Å². The van der Waals surface area contributed by atoms with Crippen molar-refractivity contribution in [3.63, 3.8) is 0 Å². The number of nitrogens with zero attached hydrogens (tertiary/aromatic N) is 1. The third-order valence-corrected chi connectivity index (χ3v) is 4.35. The monoisotopic (exact) mass is 309 g/mol. The zero-order valence-electron chi connectivity index (χ0n) is 10.7. The molecule has 1 aliphatic rings. The van der Waals surface area contributed by atoms with Crippen molar-refractivity contribution in [2.45, 2.75) is 27.2 Å². The van der Waals surface area contributed by atoms with E-state index in [0.717, 1.165) is 4.47 Å². The lowest BCUT2D eigenvalue weighted by Crippen LogP contribution is -2.36. The first-order valence-corrected chi connectivity index (χ1v) is 6.78. The summed E-state index contributed by atoms with van der Waals surface area (Å²) in [6, 6.07) is 7.24. The Morgan fingerprint density at radius 2 is 1.78 bits per heavy atom. The quantitative estimate of drug-likeness (QED) is 0.785. The van der Waals surface area contributed by atoms with Crippen LogP contribution >= 0.6 is 15.9 Å². The van der Waals surface area contributed by atoms with Crippen LogP contribution in [-0.4, -0.2) is 11.8 Å². The molecule has 1 aromatic carbocycles. The molecule has 96 valence electrons. The topological polar surface area (TPSA) is 37.4 Å². The highest BCUT2D eigenvalue weighted by Crippen LogP contribution is 2.41. The average molecular weight is 310 g/mol. The van der Waals surface area contributed by atoms with Gasteiger partial charge < -0.3 is 0 Å². The van der Waals surface area contributed by atoms with E-state index in [2.05, 4.69) is 15.9 Å². The number of carbonyl (C=O) groups is 2. The molecule has 0 saturated carbocycles. The second-order valence-electron chi connectivity index (χ2n) is 5.26. The van der Waals surface area contributed by atoms with Gasteiger partial charge in [0.2, 0.25) is 11.8 Å². The Kier molecular flexibility index (Phi) is 3.32. The summed E-state index contributed by atoms with van der Waals surface area (Å²) in [7, 11) is 0. The maximum Gasteiger partial charge on any atom is 0.240 e. The van der Waals surface area contributed by atoms with Gasteiger partial charge in [0.15, 0.2) is 0 Å². The zero-order valence-corrected chi connectivity index (χ0v) is 12.3. The van der Waals surface area contributed by atoms with Gasteiger partial charge in [-0.05, 0) is 37.1 Å². The van der Waals surface area contributed by atoms with Gasteiger partial charge >= 0.3 is 0 Å². The maximum absolute atomic E-state index is 12.5. The molecule has 18 heavy (non-hydrogen) atoms. The largest absolute Gasteiger partial charge is 0.274 e. The van der Waals surface area contributed by atoms with Crippen molar-refractivity contribution < 1.29 is 9.59 Å². The minimum absolute atomic E-state index is 0.0928. The van der Waals surface area contributed by atoms with Crippen LogP contribution < -0.4 is 4.90 Å². The number of hydrogen-bond donors (Lipinski definition) is 0. The summed E-state index contributed by atoms with van der Waals surface area (Å²) in [5.41, 5.74) is 0.0713. The van der Waals surface area contributed by atoms with Crippen LogP contribution in [0.3, 0.4) is 0 Å². The molecule has 0 aromatic heterocycles. The van der Waals surface area contributed by atoms with Crippen molar-refractivity contribution in [2.75, 3.05) is 4.90 Å². The summed E-state index contributed by atoms with van der Waals surface area (Å²) in [5.74, 6) is -0.0576. The van der Waals surface area contributed by atoms with E-state index in [9.17, 15) is 9.59 Å². The fourth-order valence-electron chi connectivity index (χ4n) is 2.14. The minimum atomic E-state index is -0.579. The van der Waals surface area contributed by atoms with E-state index < -0.39 is 5.41 Å². The Labute approximate surface area is 115 Å². The van der Waals surface area contributed by atoms with Crippen LogP contribution in [0.1, 0.15) is 27.2 Å². The van der Waals surface area contributed by atoms with Gasteiger partial charge in [-0.15, -0.1) is 0 Å². The van der Waals surface area contributed by atoms with Crippen molar-refractivity contribution in [3.05, 3.63) is 28.7 Å². The minimum Gasteiger partial charge on any atom is -0.274 e. The van der Waals surface area contributed by atoms with Crippen molar-refractivity contribution in [3.8, 4) is 0 Å². The van der Waals surface area contributed by atoms with Crippen molar-refractivity contribution >= 4 is 33.4 Å². The Bertz CT molecular complexity index is 495. The summed E-state index contributed by atoms with van der Waals surface area (Å²) in [6.45, 7) is 5.84. The molecule has 2 amide bonds. The van der Waals surface area contributed by atoms with Gasteiger partial charge in [-0.25, -0.2) is 0 Å². The molecule has 0 bridgehead atoms. The molecule has 1 saturated heterocycles. The van der Waals surface area contributed by atoms with Crippen LogP contribution in [0.5, 0.6) is 0 Å². The fourth-order valence-corrected chi connectivity index (χ4v) is 2.40. The molecule has 0 aliphatic carbocycles. The predicted molar refractivity (Wildman–Crippen MR) is 74.2 cm³/mol. The molecule has 0 spiro atoms. The van der Waals surface area contributed by atoms with E-state index in [1.807, 2.05) is 32.9 Å². The van der Waals surface area contributed by atoms with Crippen LogP contribution in [-0.2, 0) is 9.59 Å². The number of hydrogen-bond acceptors (Lipinski definition) is 2. The van der Waals surface area contributed by atoms with Gasteiger partial charge in [-0.3, -0.25) is 14.5 Å². The van der Waals surface area contributed by atoms with Crippen LogP contribution in [0.15, 0.2) is 28.7 Å². The lowest BCUT2D eigenvalue weighted by atomic mass is 9.78. The Morgan fingerprint density at radius 3 is 2.22 bits per heavy atom. The number of benzene rings is 1. The van der Waals surface area contributed by atoms with Crippen LogP contribution in [0.4, 0.5) is 5.69 Å². The van der Waals surface area contributed by atoms with Crippen molar-refractivity contribution in [1.82, 2.24) is 0 Å². The van der Waals surface area contributed by atoms with E-state index >= 15 is 0 Å². The molecule has 0 radical (unpaired) electrons. The Hall–Kier alpha value is -1.16. The lowest BCUT2D eigenvalue weighted by molar-refractivity contribution is -0.126. The number of amides is 2. The van der Waals surface area contributed by atoms with Gasteiger partial charge in [-0.2, -0.15) is 0 Å². The van der Waals surface area contributed by atoms with E-state index in [4.69, 9.17) is 0 Å². The van der Waals surface area contributed by atoms with Crippen molar-refractivity contribution in [1.29, 1.82) is 0 Å².